The summed E-state index contributed by atoms with van der Waals surface area (Å²) < 4.78 is 11.2. The van der Waals surface area contributed by atoms with Crippen LogP contribution in [0.3, 0.4) is 0 Å². The number of hydrogen-bond donors (Lipinski definition) is 0. The zero-order valence-electron chi connectivity index (χ0n) is 16.8. The van der Waals surface area contributed by atoms with Gasteiger partial charge in [-0.05, 0) is 55.5 Å². The van der Waals surface area contributed by atoms with Gasteiger partial charge in [0.05, 0.1) is 23.9 Å². The number of benzene rings is 1. The molecule has 0 fully saturated rings. The number of aliphatic imine (C=N–C) groups is 1. The van der Waals surface area contributed by atoms with Gasteiger partial charge >= 0.3 is 5.97 Å². The van der Waals surface area contributed by atoms with Gasteiger partial charge in [-0.2, -0.15) is 5.26 Å². The fraction of sp³-hybridized carbons (Fsp3) is 0.292. The molecule has 0 aliphatic heterocycles. The fourth-order valence-electron chi connectivity index (χ4n) is 3.49. The van der Waals surface area contributed by atoms with Gasteiger partial charge in [-0.3, -0.25) is 0 Å². The molecule has 3 aromatic rings. The van der Waals surface area contributed by atoms with Gasteiger partial charge in [-0.15, -0.1) is 11.3 Å². The number of carbonyl (C=O) groups is 1. The smallest absolute Gasteiger partial charge is 0.338 e. The van der Waals surface area contributed by atoms with Gasteiger partial charge in [0, 0.05) is 10.4 Å². The lowest BCUT2D eigenvalue weighted by atomic mass is 10.1. The summed E-state index contributed by atoms with van der Waals surface area (Å²) in [5.74, 6) is 0.917. The van der Waals surface area contributed by atoms with Crippen LogP contribution in [0.5, 0.6) is 0 Å². The van der Waals surface area contributed by atoms with Gasteiger partial charge in [0.15, 0.2) is 0 Å². The maximum absolute atomic E-state index is 12.2. The first kappa shape index (κ1) is 20.1. The molecule has 0 radical (unpaired) electrons. The van der Waals surface area contributed by atoms with E-state index in [4.69, 9.17) is 9.15 Å². The van der Waals surface area contributed by atoms with E-state index in [-0.39, 0.29) is 5.97 Å². The van der Waals surface area contributed by atoms with Crippen molar-refractivity contribution in [3.05, 3.63) is 63.7 Å². The van der Waals surface area contributed by atoms with Gasteiger partial charge in [0.2, 0.25) is 0 Å². The summed E-state index contributed by atoms with van der Waals surface area (Å²) in [6.45, 7) is 2.48. The van der Waals surface area contributed by atoms with Crippen molar-refractivity contribution >= 4 is 28.5 Å². The predicted molar refractivity (Wildman–Crippen MR) is 118 cm³/mol. The van der Waals surface area contributed by atoms with Gasteiger partial charge in [-0.1, -0.05) is 25.5 Å². The zero-order valence-corrected chi connectivity index (χ0v) is 17.6. The summed E-state index contributed by atoms with van der Waals surface area (Å²) >= 11 is 1.60. The molecule has 1 aromatic carbocycles. The second-order valence-electron chi connectivity index (χ2n) is 7.18. The lowest BCUT2D eigenvalue weighted by Crippen LogP contribution is -2.06. The molecule has 0 saturated heterocycles. The van der Waals surface area contributed by atoms with E-state index in [1.165, 1.54) is 4.88 Å². The van der Waals surface area contributed by atoms with Crippen LogP contribution < -0.4 is 0 Å². The number of furan rings is 1. The molecule has 2 heterocycles. The number of unbranched alkanes of at least 4 members (excludes halogenated alkanes) is 1. The van der Waals surface area contributed by atoms with E-state index in [1.807, 2.05) is 24.3 Å². The third kappa shape index (κ3) is 4.22. The minimum atomic E-state index is -0.326. The van der Waals surface area contributed by atoms with E-state index in [2.05, 4.69) is 18.0 Å². The van der Waals surface area contributed by atoms with Crippen molar-refractivity contribution in [1.29, 1.82) is 5.26 Å². The van der Waals surface area contributed by atoms with Crippen molar-refractivity contribution in [2.24, 2.45) is 4.99 Å². The van der Waals surface area contributed by atoms with E-state index < -0.39 is 0 Å². The van der Waals surface area contributed by atoms with Crippen molar-refractivity contribution in [2.45, 2.75) is 39.0 Å². The van der Waals surface area contributed by atoms with Crippen molar-refractivity contribution in [3.8, 4) is 17.4 Å². The maximum Gasteiger partial charge on any atom is 0.338 e. The third-order valence-corrected chi connectivity index (χ3v) is 6.26. The highest BCUT2D eigenvalue weighted by Gasteiger charge is 2.21. The first-order valence-electron chi connectivity index (χ1n) is 10.2. The third-order valence-electron chi connectivity index (χ3n) is 5.06. The topological polar surface area (TPSA) is 75.6 Å². The Labute approximate surface area is 179 Å². The van der Waals surface area contributed by atoms with E-state index in [0.717, 1.165) is 48.2 Å². The molecule has 1 aliphatic rings. The number of rotatable bonds is 7. The number of fused-ring (bicyclic) bond motifs is 1. The predicted octanol–water partition coefficient (Wildman–Crippen LogP) is 6.08. The average Bonchev–Trinajstić information content (AvgIpc) is 3.48. The highest BCUT2D eigenvalue weighted by Crippen LogP contribution is 2.40. The Morgan fingerprint density at radius 3 is 3.07 bits per heavy atom. The van der Waals surface area contributed by atoms with Crippen LogP contribution in [-0.2, 0) is 17.6 Å². The number of carbonyl (C=O) groups excluding carboxylic acids is 1. The van der Waals surface area contributed by atoms with E-state index in [9.17, 15) is 10.1 Å². The molecule has 0 unspecified atom stereocenters. The van der Waals surface area contributed by atoms with Gasteiger partial charge in [0.25, 0.3) is 0 Å². The molecule has 0 saturated carbocycles. The molecule has 4 rings (SSSR count). The Hall–Kier alpha value is -3.17. The lowest BCUT2D eigenvalue weighted by Gasteiger charge is -2.05. The highest BCUT2D eigenvalue weighted by molar-refractivity contribution is 7.16. The van der Waals surface area contributed by atoms with Crippen LogP contribution in [-0.4, -0.2) is 18.8 Å². The Balaban J connectivity index is 1.50. The quantitative estimate of drug-likeness (QED) is 0.265. The van der Waals surface area contributed by atoms with Gasteiger partial charge in [-0.25, -0.2) is 9.79 Å². The molecule has 1 aliphatic carbocycles. The Bertz CT molecular complexity index is 1130. The van der Waals surface area contributed by atoms with Crippen molar-refractivity contribution in [2.75, 3.05) is 6.61 Å². The molecule has 30 heavy (non-hydrogen) atoms. The molecule has 0 amide bonds. The van der Waals surface area contributed by atoms with Crippen LogP contribution in [0, 0.1) is 11.3 Å². The SMILES string of the molecule is CCCCOC(=O)c1cccc(-c2ccc(C=Nc3sc4c(c3C#N)CCC4)o2)c1. The summed E-state index contributed by atoms with van der Waals surface area (Å²) in [5.41, 5.74) is 3.16. The number of esters is 1. The molecule has 5 nitrogen and oxygen atoms in total. The number of hydrogen-bond acceptors (Lipinski definition) is 6. The number of nitriles is 1. The van der Waals surface area contributed by atoms with Crippen molar-refractivity contribution in [3.63, 3.8) is 0 Å². The second-order valence-corrected chi connectivity index (χ2v) is 8.26. The van der Waals surface area contributed by atoms with Crippen molar-refractivity contribution in [1.82, 2.24) is 0 Å². The number of thiophene rings is 1. The molecule has 0 N–H and O–H groups in total. The number of aryl methyl sites for hydroxylation is 1. The Morgan fingerprint density at radius 2 is 2.23 bits per heavy atom. The van der Waals surface area contributed by atoms with E-state index in [0.29, 0.717) is 29.3 Å². The number of nitrogens with zero attached hydrogens (tertiary/aromatic N) is 2. The van der Waals surface area contributed by atoms with Crippen LogP contribution in [0.15, 0.2) is 45.8 Å². The van der Waals surface area contributed by atoms with Gasteiger partial charge in [0.1, 0.15) is 22.6 Å². The van der Waals surface area contributed by atoms with Gasteiger partial charge < -0.3 is 9.15 Å². The summed E-state index contributed by atoms with van der Waals surface area (Å²) in [4.78, 5) is 18.0. The first-order valence-corrected chi connectivity index (χ1v) is 11.0. The molecule has 0 atom stereocenters. The van der Waals surface area contributed by atoms with Crippen LogP contribution in [0.25, 0.3) is 11.3 Å². The maximum atomic E-state index is 12.2. The van der Waals surface area contributed by atoms with Crippen LogP contribution in [0.1, 0.15) is 58.3 Å². The normalized spacial score (nSPS) is 12.8. The van der Waals surface area contributed by atoms with Crippen LogP contribution >= 0.6 is 11.3 Å². The minimum Gasteiger partial charge on any atom is -0.462 e. The summed E-state index contributed by atoms with van der Waals surface area (Å²) in [6, 6.07) is 13.2. The minimum absolute atomic E-state index is 0.326. The molecule has 0 spiro atoms. The second kappa shape index (κ2) is 9.10. The standard InChI is InChI=1S/C24H22N2O3S/c1-2-3-12-28-24(27)17-7-4-6-16(13-17)21-11-10-18(29-21)15-26-23-20(14-25)19-8-5-9-22(19)30-23/h4,6-7,10-11,13,15H,2-3,5,8-9,12H2,1H3. The Morgan fingerprint density at radius 1 is 1.33 bits per heavy atom. The molecule has 2 aromatic heterocycles. The number of ether oxygens (including phenoxy) is 1. The Kier molecular flexibility index (Phi) is 6.10. The largest absolute Gasteiger partial charge is 0.462 e. The molecule has 0 bridgehead atoms. The monoisotopic (exact) mass is 418 g/mol. The summed E-state index contributed by atoms with van der Waals surface area (Å²) in [5, 5.41) is 10.2. The molecule has 152 valence electrons. The molecule has 6 heteroatoms. The van der Waals surface area contributed by atoms with E-state index >= 15 is 0 Å². The lowest BCUT2D eigenvalue weighted by molar-refractivity contribution is 0.0500. The summed E-state index contributed by atoms with van der Waals surface area (Å²) in [6.07, 6.45) is 6.60. The highest BCUT2D eigenvalue weighted by atomic mass is 32.1. The molecular weight excluding hydrogens is 396 g/mol. The summed E-state index contributed by atoms with van der Waals surface area (Å²) in [7, 11) is 0. The fourth-order valence-corrected chi connectivity index (χ4v) is 4.67. The van der Waals surface area contributed by atoms with E-state index in [1.54, 1.807) is 29.7 Å². The van der Waals surface area contributed by atoms with Crippen LogP contribution in [0.4, 0.5) is 5.00 Å². The van der Waals surface area contributed by atoms with Crippen LogP contribution in [0.2, 0.25) is 0 Å². The first-order chi connectivity index (χ1) is 14.7. The molecular formula is C24H22N2O3S. The van der Waals surface area contributed by atoms with Crippen molar-refractivity contribution < 1.29 is 13.9 Å². The zero-order chi connectivity index (χ0) is 20.9. The average molecular weight is 419 g/mol.